The van der Waals surface area contributed by atoms with E-state index in [0.717, 1.165) is 15.6 Å². The largest absolute Gasteiger partial charge is 0.496 e. The number of nitrogens with zero attached hydrogens (tertiary/aromatic N) is 1. The summed E-state index contributed by atoms with van der Waals surface area (Å²) >= 11 is 8.77. The Morgan fingerprint density at radius 1 is 1.12 bits per heavy atom. The van der Waals surface area contributed by atoms with E-state index in [9.17, 15) is 4.79 Å². The summed E-state index contributed by atoms with van der Waals surface area (Å²) in [6, 6.07) is 17.3. The maximum atomic E-state index is 12.8. The summed E-state index contributed by atoms with van der Waals surface area (Å²) in [5, 5.41) is 5.90. The van der Waals surface area contributed by atoms with E-state index in [-0.39, 0.29) is 11.0 Å². The highest BCUT2D eigenvalue weighted by Gasteiger charge is 2.17. The van der Waals surface area contributed by atoms with Gasteiger partial charge in [0.1, 0.15) is 11.3 Å². The minimum atomic E-state index is -0.367. The van der Waals surface area contributed by atoms with Crippen LogP contribution in [0.1, 0.15) is 41.3 Å². The molecule has 0 spiro atoms. The third-order valence-electron chi connectivity index (χ3n) is 5.38. The predicted octanol–water partition coefficient (Wildman–Crippen LogP) is 6.82. The Morgan fingerprint density at radius 2 is 1.85 bits per heavy atom. The molecular weight excluding hydrogens is 514 g/mol. The Morgan fingerprint density at radius 3 is 2.53 bits per heavy atom. The zero-order valence-corrected chi connectivity index (χ0v) is 21.6. The maximum Gasteiger partial charge on any atom is 0.261 e. The highest BCUT2D eigenvalue weighted by molar-refractivity contribution is 9.10. The van der Waals surface area contributed by atoms with Gasteiger partial charge in [-0.1, -0.05) is 41.9 Å². The van der Waals surface area contributed by atoms with Crippen LogP contribution in [-0.4, -0.2) is 23.1 Å². The molecular formula is C26H24BrN3O3S. The standard InChI is InChI=1S/C26H24BrN3O3S/c1-14(2)16-5-7-17(8-6-16)25-29-21-13-19(9-10-22(21)33-25)28-26(34)30-24(31)20-12-18(27)11-15(3)23(20)32-4/h5-14H,1-4H3,(H2,28,30,31,34). The van der Waals surface area contributed by atoms with Crippen molar-refractivity contribution in [3.63, 3.8) is 0 Å². The Balaban J connectivity index is 1.49. The molecule has 0 aliphatic heterocycles. The lowest BCUT2D eigenvalue weighted by Crippen LogP contribution is -2.34. The molecule has 174 valence electrons. The summed E-state index contributed by atoms with van der Waals surface area (Å²) in [5.41, 5.74) is 5.44. The van der Waals surface area contributed by atoms with Gasteiger partial charge in [0.15, 0.2) is 10.7 Å². The molecule has 0 atom stereocenters. The number of thiocarbonyl (C=S) groups is 1. The number of rotatable bonds is 5. The number of carbonyl (C=O) groups excluding carboxylic acids is 1. The molecule has 0 aliphatic rings. The Bertz CT molecular complexity index is 1380. The average molecular weight is 538 g/mol. The van der Waals surface area contributed by atoms with Crippen molar-refractivity contribution in [2.45, 2.75) is 26.7 Å². The first-order chi connectivity index (χ1) is 16.2. The van der Waals surface area contributed by atoms with Crippen molar-refractivity contribution < 1.29 is 13.9 Å². The molecule has 0 fully saturated rings. The summed E-state index contributed by atoms with van der Waals surface area (Å²) in [6.07, 6.45) is 0. The number of amides is 1. The van der Waals surface area contributed by atoms with Crippen LogP contribution in [0.25, 0.3) is 22.6 Å². The normalized spacial score (nSPS) is 11.0. The second kappa shape index (κ2) is 9.95. The van der Waals surface area contributed by atoms with E-state index in [2.05, 4.69) is 57.5 Å². The third-order valence-corrected chi connectivity index (χ3v) is 6.05. The number of oxazole rings is 1. The van der Waals surface area contributed by atoms with Gasteiger partial charge in [-0.25, -0.2) is 4.98 Å². The number of aromatic nitrogens is 1. The average Bonchev–Trinajstić information content (AvgIpc) is 3.22. The van der Waals surface area contributed by atoms with Crippen LogP contribution in [0.15, 0.2) is 63.5 Å². The van der Waals surface area contributed by atoms with Gasteiger partial charge in [-0.3, -0.25) is 10.1 Å². The topological polar surface area (TPSA) is 76.4 Å². The molecule has 0 saturated heterocycles. The molecule has 0 aliphatic carbocycles. The molecule has 0 bridgehead atoms. The number of nitrogens with one attached hydrogen (secondary N) is 2. The molecule has 8 heteroatoms. The maximum absolute atomic E-state index is 12.8. The monoisotopic (exact) mass is 537 g/mol. The van der Waals surface area contributed by atoms with E-state index in [1.165, 1.54) is 12.7 Å². The molecule has 1 heterocycles. The SMILES string of the molecule is COc1c(C)cc(Br)cc1C(=O)NC(=S)Nc1ccc2oc(-c3ccc(C(C)C)cc3)nc2c1. The van der Waals surface area contributed by atoms with Crippen molar-refractivity contribution in [1.82, 2.24) is 10.3 Å². The first-order valence-electron chi connectivity index (χ1n) is 10.7. The van der Waals surface area contributed by atoms with Crippen LogP contribution >= 0.6 is 28.1 Å². The molecule has 3 aromatic carbocycles. The van der Waals surface area contributed by atoms with Gasteiger partial charge < -0.3 is 14.5 Å². The van der Waals surface area contributed by atoms with Crippen LogP contribution in [0.5, 0.6) is 5.75 Å². The molecule has 0 radical (unpaired) electrons. The van der Waals surface area contributed by atoms with E-state index < -0.39 is 0 Å². The van der Waals surface area contributed by atoms with Gasteiger partial charge >= 0.3 is 0 Å². The van der Waals surface area contributed by atoms with Gasteiger partial charge in [0, 0.05) is 15.7 Å². The van der Waals surface area contributed by atoms with E-state index in [0.29, 0.717) is 39.9 Å². The molecule has 1 aromatic heterocycles. The van der Waals surface area contributed by atoms with Crippen molar-refractivity contribution in [3.05, 3.63) is 75.8 Å². The van der Waals surface area contributed by atoms with Crippen molar-refractivity contribution >= 4 is 56.0 Å². The summed E-state index contributed by atoms with van der Waals surface area (Å²) in [6.45, 7) is 6.19. The number of benzene rings is 3. The summed E-state index contributed by atoms with van der Waals surface area (Å²) < 4.78 is 12.1. The minimum absolute atomic E-state index is 0.164. The highest BCUT2D eigenvalue weighted by Crippen LogP contribution is 2.29. The lowest BCUT2D eigenvalue weighted by molar-refractivity contribution is 0.0974. The smallest absolute Gasteiger partial charge is 0.261 e. The minimum Gasteiger partial charge on any atom is -0.496 e. The molecule has 0 saturated carbocycles. The lowest BCUT2D eigenvalue weighted by Gasteiger charge is -2.13. The van der Waals surface area contributed by atoms with Crippen LogP contribution in [0.3, 0.4) is 0 Å². The molecule has 34 heavy (non-hydrogen) atoms. The number of methoxy groups -OCH3 is 1. The van der Waals surface area contributed by atoms with Gasteiger partial charge in [-0.2, -0.15) is 0 Å². The molecule has 4 rings (SSSR count). The van der Waals surface area contributed by atoms with Crippen LogP contribution < -0.4 is 15.4 Å². The number of halogens is 1. The van der Waals surface area contributed by atoms with Crippen LogP contribution in [-0.2, 0) is 0 Å². The molecule has 2 N–H and O–H groups in total. The number of anilines is 1. The lowest BCUT2D eigenvalue weighted by atomic mass is 10.0. The zero-order chi connectivity index (χ0) is 24.4. The number of hydrogen-bond acceptors (Lipinski definition) is 5. The van der Waals surface area contributed by atoms with Crippen molar-refractivity contribution in [3.8, 4) is 17.2 Å². The van der Waals surface area contributed by atoms with E-state index in [4.69, 9.17) is 21.4 Å². The molecule has 0 unspecified atom stereocenters. The zero-order valence-electron chi connectivity index (χ0n) is 19.2. The molecule has 6 nitrogen and oxygen atoms in total. The Hall–Kier alpha value is -3.23. The number of fused-ring (bicyclic) bond motifs is 1. The second-order valence-electron chi connectivity index (χ2n) is 8.19. The summed E-state index contributed by atoms with van der Waals surface area (Å²) in [7, 11) is 1.53. The van der Waals surface area contributed by atoms with Crippen molar-refractivity contribution in [2.24, 2.45) is 0 Å². The van der Waals surface area contributed by atoms with Crippen LogP contribution in [0.4, 0.5) is 5.69 Å². The fraction of sp³-hybridized carbons (Fsp3) is 0.192. The third kappa shape index (κ3) is 5.13. The number of carbonyl (C=O) groups is 1. The van der Waals surface area contributed by atoms with Gasteiger partial charge in [-0.05, 0) is 78.7 Å². The number of ether oxygens (including phenoxy) is 1. The molecule has 4 aromatic rings. The Kier molecular flexibility index (Phi) is 7.00. The van der Waals surface area contributed by atoms with Gasteiger partial charge in [0.2, 0.25) is 5.89 Å². The van der Waals surface area contributed by atoms with E-state index >= 15 is 0 Å². The predicted molar refractivity (Wildman–Crippen MR) is 143 cm³/mol. The number of aryl methyl sites for hydroxylation is 1. The quantitative estimate of drug-likeness (QED) is 0.272. The first-order valence-corrected chi connectivity index (χ1v) is 11.9. The van der Waals surface area contributed by atoms with E-state index in [1.807, 2.05) is 43.3 Å². The first kappa shape index (κ1) is 23.9. The second-order valence-corrected chi connectivity index (χ2v) is 9.51. The molecule has 1 amide bonds. The van der Waals surface area contributed by atoms with Crippen LogP contribution in [0, 0.1) is 6.92 Å². The fourth-order valence-electron chi connectivity index (χ4n) is 3.64. The Labute approximate surface area is 211 Å². The summed E-state index contributed by atoms with van der Waals surface area (Å²) in [5.74, 6) is 1.15. The van der Waals surface area contributed by atoms with Crippen molar-refractivity contribution in [1.29, 1.82) is 0 Å². The van der Waals surface area contributed by atoms with Crippen LogP contribution in [0.2, 0.25) is 0 Å². The fourth-order valence-corrected chi connectivity index (χ4v) is 4.42. The van der Waals surface area contributed by atoms with Gasteiger partial charge in [-0.15, -0.1) is 0 Å². The summed E-state index contributed by atoms with van der Waals surface area (Å²) in [4.78, 5) is 17.4. The van der Waals surface area contributed by atoms with Gasteiger partial charge in [0.05, 0.1) is 12.7 Å². The van der Waals surface area contributed by atoms with Crippen molar-refractivity contribution in [2.75, 3.05) is 12.4 Å². The van der Waals surface area contributed by atoms with Gasteiger partial charge in [0.25, 0.3) is 5.91 Å². The number of hydrogen-bond donors (Lipinski definition) is 2. The highest BCUT2D eigenvalue weighted by atomic mass is 79.9. The van der Waals surface area contributed by atoms with E-state index in [1.54, 1.807) is 6.07 Å².